The Hall–Kier alpha value is -1.34. The van der Waals surface area contributed by atoms with Crippen molar-refractivity contribution in [2.24, 2.45) is 0 Å². The molecule has 6 rings (SSSR count). The molecule has 2 unspecified atom stereocenters. The Morgan fingerprint density at radius 2 is 0.825 bits per heavy atom. The van der Waals surface area contributed by atoms with Gasteiger partial charge >= 0.3 is 0 Å². The summed E-state index contributed by atoms with van der Waals surface area (Å²) in [6.45, 7) is 5.98. The van der Waals surface area contributed by atoms with Crippen LogP contribution in [-0.4, -0.2) is 45.4 Å². The quantitative estimate of drug-likeness (QED) is 0.312. The predicted octanol–water partition coefficient (Wildman–Crippen LogP) is 10.2. The molecule has 3 aliphatic carbocycles. The molecule has 0 aromatic heterocycles. The van der Waals surface area contributed by atoms with E-state index < -0.39 is 6.89 Å². The van der Waals surface area contributed by atoms with Crippen LogP contribution in [0.5, 0.6) is 0 Å². The van der Waals surface area contributed by atoms with Gasteiger partial charge in [-0.2, -0.15) is 0 Å². The SMILES string of the molecule is CC(c1ccccc1)N1CCN(C(C)c2ccccc2)C1=P(C1CCCCC1)(C1CCCCC1)C1CCCCC1. The Labute approximate surface area is 245 Å². The fraction of sp³-hybridized carbons (Fsp3) is 0.649. The van der Waals surface area contributed by atoms with Crippen molar-refractivity contribution in [3.8, 4) is 0 Å². The Balaban J connectivity index is 1.60. The molecule has 2 aromatic rings. The van der Waals surface area contributed by atoms with Gasteiger partial charge in [0.2, 0.25) is 0 Å². The van der Waals surface area contributed by atoms with Crippen molar-refractivity contribution in [3.05, 3.63) is 71.8 Å². The first-order valence-electron chi connectivity index (χ1n) is 17.1. The third-order valence-corrected chi connectivity index (χ3v) is 17.9. The minimum absolute atomic E-state index is 0.444. The van der Waals surface area contributed by atoms with Crippen molar-refractivity contribution in [1.82, 2.24) is 9.80 Å². The smallest absolute Gasteiger partial charge is 0.0606 e. The highest BCUT2D eigenvalue weighted by Crippen LogP contribution is 2.71. The second kappa shape index (κ2) is 13.3. The summed E-state index contributed by atoms with van der Waals surface area (Å²) in [5.41, 5.74) is 7.78. The van der Waals surface area contributed by atoms with E-state index in [1.165, 1.54) is 121 Å². The van der Waals surface area contributed by atoms with Gasteiger partial charge in [0.15, 0.2) is 0 Å². The lowest BCUT2D eigenvalue weighted by Gasteiger charge is -2.54. The molecule has 1 aliphatic heterocycles. The van der Waals surface area contributed by atoms with Gasteiger partial charge in [-0.05, 0) is 80.5 Å². The maximum Gasteiger partial charge on any atom is 0.0606 e. The van der Waals surface area contributed by atoms with Crippen LogP contribution in [0.15, 0.2) is 60.7 Å². The van der Waals surface area contributed by atoms with Gasteiger partial charge in [-0.15, -0.1) is 0 Å². The molecule has 1 saturated heterocycles. The molecule has 0 spiro atoms. The summed E-state index contributed by atoms with van der Waals surface area (Å²) in [5, 5.41) is 0. The van der Waals surface area contributed by atoms with Crippen LogP contribution in [0.2, 0.25) is 0 Å². The lowest BCUT2D eigenvalue weighted by Crippen LogP contribution is -2.45. The Bertz CT molecular complexity index is 1000. The zero-order valence-corrected chi connectivity index (χ0v) is 26.4. The Morgan fingerprint density at radius 1 is 0.500 bits per heavy atom. The van der Waals surface area contributed by atoms with Crippen LogP contribution in [0.25, 0.3) is 0 Å². The normalized spacial score (nSPS) is 24.8. The predicted molar refractivity (Wildman–Crippen MR) is 176 cm³/mol. The van der Waals surface area contributed by atoms with E-state index in [-0.39, 0.29) is 0 Å². The van der Waals surface area contributed by atoms with Crippen LogP contribution in [0.4, 0.5) is 0 Å². The summed E-state index contributed by atoms with van der Waals surface area (Å²) in [6.07, 6.45) is 22.3. The topological polar surface area (TPSA) is 6.48 Å². The van der Waals surface area contributed by atoms with Gasteiger partial charge in [0, 0.05) is 25.2 Å². The first kappa shape index (κ1) is 28.8. The molecule has 4 fully saturated rings. The van der Waals surface area contributed by atoms with E-state index in [0.717, 1.165) is 17.0 Å². The number of hydrogen-bond donors (Lipinski definition) is 0. The van der Waals surface area contributed by atoms with E-state index in [9.17, 15) is 0 Å². The Morgan fingerprint density at radius 3 is 1.15 bits per heavy atom. The van der Waals surface area contributed by atoms with E-state index in [4.69, 9.17) is 0 Å². The van der Waals surface area contributed by atoms with Crippen molar-refractivity contribution >= 4 is 12.4 Å². The van der Waals surface area contributed by atoms with Gasteiger partial charge in [-0.25, -0.2) is 0 Å². The largest absolute Gasteiger partial charge is 0.257 e. The molecule has 2 atom stereocenters. The molecule has 4 aliphatic rings. The second-order valence-corrected chi connectivity index (χ2v) is 17.8. The van der Waals surface area contributed by atoms with Gasteiger partial charge in [0.1, 0.15) is 0 Å². The summed E-state index contributed by atoms with van der Waals surface area (Å²) in [7, 11) is 0. The molecule has 2 aromatic carbocycles. The van der Waals surface area contributed by atoms with Gasteiger partial charge in [-0.3, -0.25) is 9.80 Å². The van der Waals surface area contributed by atoms with E-state index in [2.05, 4.69) is 84.3 Å². The van der Waals surface area contributed by atoms with Crippen LogP contribution in [0, 0.1) is 0 Å². The van der Waals surface area contributed by atoms with E-state index >= 15 is 0 Å². The van der Waals surface area contributed by atoms with Gasteiger partial charge in [0.25, 0.3) is 0 Å². The third kappa shape index (κ3) is 5.55. The Kier molecular flexibility index (Phi) is 9.57. The zero-order chi connectivity index (χ0) is 27.4. The summed E-state index contributed by atoms with van der Waals surface area (Å²) in [6, 6.07) is 23.9. The summed E-state index contributed by atoms with van der Waals surface area (Å²) >= 11 is 0. The van der Waals surface area contributed by atoms with E-state index in [0.29, 0.717) is 12.1 Å². The summed E-state index contributed by atoms with van der Waals surface area (Å²) in [4.78, 5) is 6.03. The second-order valence-electron chi connectivity index (χ2n) is 13.6. The highest BCUT2D eigenvalue weighted by Gasteiger charge is 2.50. The van der Waals surface area contributed by atoms with Gasteiger partial charge < -0.3 is 0 Å². The molecular formula is C37H55N2P. The number of benzene rings is 2. The molecule has 0 radical (unpaired) electrons. The molecule has 3 saturated carbocycles. The van der Waals surface area contributed by atoms with Crippen LogP contribution >= 0.6 is 6.89 Å². The minimum atomic E-state index is -1.46. The third-order valence-electron chi connectivity index (χ3n) is 11.5. The van der Waals surface area contributed by atoms with Crippen molar-refractivity contribution < 1.29 is 0 Å². The molecule has 2 nitrogen and oxygen atoms in total. The van der Waals surface area contributed by atoms with Crippen molar-refractivity contribution in [3.63, 3.8) is 0 Å². The van der Waals surface area contributed by atoms with Crippen LogP contribution in [0.3, 0.4) is 0 Å². The lowest BCUT2D eigenvalue weighted by atomic mass is 9.99. The van der Waals surface area contributed by atoms with Crippen molar-refractivity contribution in [2.75, 3.05) is 13.1 Å². The molecule has 0 N–H and O–H groups in total. The number of nitrogens with zero attached hydrogens (tertiary/aromatic N) is 2. The fourth-order valence-corrected chi connectivity index (χ4v) is 17.4. The highest BCUT2D eigenvalue weighted by atomic mass is 31.2. The fourth-order valence-electron chi connectivity index (χ4n) is 9.49. The maximum absolute atomic E-state index is 3.01. The molecule has 40 heavy (non-hydrogen) atoms. The summed E-state index contributed by atoms with van der Waals surface area (Å²) in [5.74, 6) is 0. The van der Waals surface area contributed by atoms with Crippen LogP contribution < -0.4 is 0 Å². The average Bonchev–Trinajstić information content (AvgIpc) is 3.48. The first-order valence-corrected chi connectivity index (χ1v) is 19.1. The number of hydrogen-bond acceptors (Lipinski definition) is 0. The molecule has 1 heterocycles. The maximum atomic E-state index is 3.01. The molecule has 3 heteroatoms. The average molecular weight is 559 g/mol. The number of rotatable bonds is 7. The first-order chi connectivity index (χ1) is 19.7. The monoisotopic (exact) mass is 558 g/mol. The molecular weight excluding hydrogens is 503 g/mol. The van der Waals surface area contributed by atoms with E-state index in [1.807, 2.05) is 5.54 Å². The van der Waals surface area contributed by atoms with Gasteiger partial charge in [-0.1, -0.05) is 125 Å². The van der Waals surface area contributed by atoms with Crippen LogP contribution in [-0.2, 0) is 0 Å². The van der Waals surface area contributed by atoms with Crippen molar-refractivity contribution in [2.45, 2.75) is 139 Å². The molecule has 0 amide bonds. The highest BCUT2D eigenvalue weighted by molar-refractivity contribution is 7.78. The molecule has 0 bridgehead atoms. The molecule has 218 valence electrons. The van der Waals surface area contributed by atoms with E-state index in [1.54, 1.807) is 0 Å². The van der Waals surface area contributed by atoms with Crippen LogP contribution in [0.1, 0.15) is 133 Å². The zero-order valence-electron chi connectivity index (χ0n) is 25.5. The minimum Gasteiger partial charge on any atom is -0.257 e. The van der Waals surface area contributed by atoms with Gasteiger partial charge in [0.05, 0.1) is 5.54 Å². The van der Waals surface area contributed by atoms with Crippen molar-refractivity contribution in [1.29, 1.82) is 0 Å². The summed E-state index contributed by atoms with van der Waals surface area (Å²) < 4.78 is 0. The standard InChI is InChI=1S/C37H55N2P/c1-30(32-18-8-3-9-19-32)38-28-29-39(31(2)33-20-10-4-11-21-33)37(38)40(34-22-12-5-13-23-34,35-24-14-6-15-25-35)36-26-16-7-17-27-36/h3-4,8-11,18-21,30-31,34-36H,5-7,12-17,22-29H2,1-2H3. The lowest BCUT2D eigenvalue weighted by molar-refractivity contribution is 0.368.